The highest BCUT2D eigenvalue weighted by atomic mass is 32.2. The maximum atomic E-state index is 14.4. The van der Waals surface area contributed by atoms with Gasteiger partial charge < -0.3 is 9.47 Å². The number of aromatic nitrogens is 1. The minimum Gasteiger partial charge on any atom is -0.493 e. The van der Waals surface area contributed by atoms with Crippen LogP contribution in [0.3, 0.4) is 0 Å². The Morgan fingerprint density at radius 2 is 1.51 bits per heavy atom. The van der Waals surface area contributed by atoms with E-state index in [1.165, 1.54) is 12.8 Å². The summed E-state index contributed by atoms with van der Waals surface area (Å²) >= 11 is 0. The first-order valence-electron chi connectivity index (χ1n) is 12.9. The Morgan fingerprint density at radius 1 is 0.811 bits per heavy atom. The molecule has 5 rings (SSSR count). The molecule has 0 bridgehead atoms. The lowest BCUT2D eigenvalue weighted by Crippen LogP contribution is -2.19. The van der Waals surface area contributed by atoms with Crippen LogP contribution in [0.2, 0.25) is 0 Å². The lowest BCUT2D eigenvalue weighted by Gasteiger charge is -2.29. The van der Waals surface area contributed by atoms with Gasteiger partial charge in [0.15, 0.2) is 11.5 Å². The van der Waals surface area contributed by atoms with Crippen LogP contribution in [0.15, 0.2) is 102 Å². The van der Waals surface area contributed by atoms with E-state index in [0.29, 0.717) is 0 Å². The van der Waals surface area contributed by atoms with Crippen LogP contribution in [0.4, 0.5) is 0 Å². The first-order chi connectivity index (χ1) is 18.1. The number of methoxy groups -OCH3 is 1. The Kier molecular flexibility index (Phi) is 8.00. The molecule has 0 amide bonds. The predicted octanol–water partition coefficient (Wildman–Crippen LogP) is 7.40. The fourth-order valence-corrected chi connectivity index (χ4v) is 6.84. The largest absolute Gasteiger partial charge is 0.493 e. The topological polar surface area (TPSA) is 48.4 Å². The molecule has 1 saturated carbocycles. The van der Waals surface area contributed by atoms with Crippen LogP contribution in [0.5, 0.6) is 11.5 Å². The van der Waals surface area contributed by atoms with Gasteiger partial charge in [0.25, 0.3) is 0 Å². The zero-order valence-electron chi connectivity index (χ0n) is 21.4. The molecule has 190 valence electrons. The molecular formula is C32H33NO3S. The number of rotatable bonds is 9. The highest BCUT2D eigenvalue weighted by molar-refractivity contribution is 7.85. The van der Waals surface area contributed by atoms with Crippen molar-refractivity contribution in [2.75, 3.05) is 7.11 Å². The third-order valence-corrected chi connectivity index (χ3v) is 8.87. The number of pyridine rings is 1. The summed E-state index contributed by atoms with van der Waals surface area (Å²) in [7, 11) is 0.349. The Balaban J connectivity index is 1.65. The van der Waals surface area contributed by atoms with Crippen molar-refractivity contribution >= 4 is 10.8 Å². The molecule has 3 aromatic carbocycles. The van der Waals surface area contributed by atoms with Crippen LogP contribution < -0.4 is 9.47 Å². The zero-order chi connectivity index (χ0) is 25.6. The molecule has 0 N–H and O–H groups in total. The van der Waals surface area contributed by atoms with Crippen molar-refractivity contribution in [3.63, 3.8) is 0 Å². The summed E-state index contributed by atoms with van der Waals surface area (Å²) in [6.45, 7) is 2.04. The monoisotopic (exact) mass is 511 g/mol. The van der Waals surface area contributed by atoms with Crippen LogP contribution in [-0.4, -0.2) is 22.4 Å². The van der Waals surface area contributed by atoms with Gasteiger partial charge in [-0.1, -0.05) is 54.1 Å². The summed E-state index contributed by atoms with van der Waals surface area (Å²) in [6, 6.07) is 28.4. The minimum atomic E-state index is -1.33. The lowest BCUT2D eigenvalue weighted by molar-refractivity contribution is 0.200. The lowest BCUT2D eigenvalue weighted by atomic mass is 9.85. The molecule has 1 fully saturated rings. The Bertz CT molecular complexity index is 1320. The fraction of sp³-hybridized carbons (Fsp3) is 0.281. The molecule has 3 atom stereocenters. The Labute approximate surface area is 222 Å². The second-order valence-electron chi connectivity index (χ2n) is 9.63. The van der Waals surface area contributed by atoms with Crippen molar-refractivity contribution in [1.29, 1.82) is 0 Å². The molecular weight excluding hydrogens is 478 g/mol. The van der Waals surface area contributed by atoms with Gasteiger partial charge in [-0.05, 0) is 85.7 Å². The first kappa shape index (κ1) is 25.2. The van der Waals surface area contributed by atoms with Gasteiger partial charge in [0.1, 0.15) is 0 Å². The fourth-order valence-electron chi connectivity index (χ4n) is 5.18. The predicted molar refractivity (Wildman–Crippen MR) is 149 cm³/mol. The zero-order valence-corrected chi connectivity index (χ0v) is 22.2. The number of aryl methyl sites for hydroxylation is 1. The summed E-state index contributed by atoms with van der Waals surface area (Å²) < 4.78 is 26.5. The molecule has 4 aromatic rings. The SMILES string of the molecule is COc1ccc([C@@H](c2ccccc2)C(c2ccncc2)[S@](=O)c2ccc(C)cc2)cc1OC1CCCC1. The number of ether oxygens (including phenoxy) is 2. The van der Waals surface area contributed by atoms with Crippen molar-refractivity contribution < 1.29 is 13.7 Å². The standard InChI is InChI=1S/C32H33NO3S/c1-23-12-15-28(16-13-23)37(34)32(25-18-20-33-21-19-25)31(24-8-4-3-5-9-24)26-14-17-29(35-2)30(22-26)36-27-10-6-7-11-27/h3-5,8-9,12-22,27,31-32H,6-7,10-11H2,1-2H3/t31-,32?,37-/m1/s1. The van der Waals surface area contributed by atoms with Crippen molar-refractivity contribution in [3.8, 4) is 11.5 Å². The van der Waals surface area contributed by atoms with Gasteiger partial charge in [-0.25, -0.2) is 0 Å². The van der Waals surface area contributed by atoms with Gasteiger partial charge in [0.2, 0.25) is 0 Å². The second kappa shape index (κ2) is 11.7. The minimum absolute atomic E-state index is 0.178. The number of hydrogen-bond donors (Lipinski definition) is 0. The van der Waals surface area contributed by atoms with Gasteiger partial charge in [0.05, 0.1) is 29.3 Å². The smallest absolute Gasteiger partial charge is 0.161 e. The van der Waals surface area contributed by atoms with Gasteiger partial charge in [-0.3, -0.25) is 9.19 Å². The van der Waals surface area contributed by atoms with E-state index in [9.17, 15) is 4.21 Å². The van der Waals surface area contributed by atoms with E-state index in [0.717, 1.165) is 51.5 Å². The molecule has 1 unspecified atom stereocenters. The first-order valence-corrected chi connectivity index (χ1v) is 14.1. The van der Waals surface area contributed by atoms with E-state index >= 15 is 0 Å². The van der Waals surface area contributed by atoms with Gasteiger partial charge >= 0.3 is 0 Å². The van der Waals surface area contributed by atoms with Crippen molar-refractivity contribution in [1.82, 2.24) is 4.98 Å². The Hall–Kier alpha value is -3.44. The highest BCUT2D eigenvalue weighted by Crippen LogP contribution is 2.45. The summed E-state index contributed by atoms with van der Waals surface area (Å²) in [5.74, 6) is 1.30. The maximum absolute atomic E-state index is 14.4. The molecule has 4 nitrogen and oxygen atoms in total. The summed E-state index contributed by atoms with van der Waals surface area (Å²) in [4.78, 5) is 5.04. The summed E-state index contributed by atoms with van der Waals surface area (Å²) in [5, 5.41) is -0.333. The Morgan fingerprint density at radius 3 is 2.19 bits per heavy atom. The number of nitrogens with zero attached hydrogens (tertiary/aromatic N) is 1. The molecule has 0 spiro atoms. The van der Waals surface area contributed by atoms with Crippen molar-refractivity contribution in [3.05, 3.63) is 120 Å². The average Bonchev–Trinajstić information content (AvgIpc) is 3.46. The van der Waals surface area contributed by atoms with E-state index in [1.54, 1.807) is 19.5 Å². The normalized spacial score (nSPS) is 16.2. The quantitative estimate of drug-likeness (QED) is 0.235. The third kappa shape index (κ3) is 5.78. The van der Waals surface area contributed by atoms with Crippen LogP contribution in [-0.2, 0) is 10.8 Å². The van der Waals surface area contributed by atoms with Gasteiger partial charge in [-0.15, -0.1) is 0 Å². The van der Waals surface area contributed by atoms with Gasteiger partial charge in [0, 0.05) is 23.2 Å². The van der Waals surface area contributed by atoms with E-state index in [4.69, 9.17) is 9.47 Å². The summed E-state index contributed by atoms with van der Waals surface area (Å²) in [5.41, 5.74) is 4.27. The molecule has 0 saturated heterocycles. The highest BCUT2D eigenvalue weighted by Gasteiger charge is 2.33. The molecule has 1 aromatic heterocycles. The maximum Gasteiger partial charge on any atom is 0.161 e. The van der Waals surface area contributed by atoms with Gasteiger partial charge in [-0.2, -0.15) is 0 Å². The number of hydrogen-bond acceptors (Lipinski definition) is 4. The summed E-state index contributed by atoms with van der Waals surface area (Å²) in [6.07, 6.45) is 8.27. The molecule has 1 heterocycles. The van der Waals surface area contributed by atoms with E-state index in [-0.39, 0.29) is 17.3 Å². The molecule has 0 radical (unpaired) electrons. The average molecular weight is 512 g/mol. The molecule has 0 aliphatic heterocycles. The molecule has 1 aliphatic rings. The van der Waals surface area contributed by atoms with E-state index < -0.39 is 10.8 Å². The molecule has 37 heavy (non-hydrogen) atoms. The van der Waals surface area contributed by atoms with Crippen LogP contribution in [0.25, 0.3) is 0 Å². The third-order valence-electron chi connectivity index (χ3n) is 7.12. The second-order valence-corrected chi connectivity index (χ2v) is 11.2. The molecule has 1 aliphatic carbocycles. The van der Waals surface area contributed by atoms with Crippen LogP contribution in [0, 0.1) is 6.92 Å². The van der Waals surface area contributed by atoms with Crippen molar-refractivity contribution in [2.24, 2.45) is 0 Å². The van der Waals surface area contributed by atoms with E-state index in [1.807, 2.05) is 67.6 Å². The number of benzene rings is 3. The van der Waals surface area contributed by atoms with Crippen molar-refractivity contribution in [2.45, 2.75) is 54.8 Å². The van der Waals surface area contributed by atoms with Crippen LogP contribution in [0.1, 0.15) is 59.1 Å². The van der Waals surface area contributed by atoms with Crippen LogP contribution >= 0.6 is 0 Å². The van der Waals surface area contributed by atoms with E-state index in [2.05, 4.69) is 29.2 Å². The molecule has 5 heteroatoms.